The minimum absolute atomic E-state index is 0.00669. The molecule has 3 N–H and O–H groups in total. The first-order valence-corrected chi connectivity index (χ1v) is 21.0. The molecule has 2 bridgehead atoms. The van der Waals surface area contributed by atoms with Crippen LogP contribution in [0.15, 0.2) is 48.8 Å². The summed E-state index contributed by atoms with van der Waals surface area (Å²) in [5, 5.41) is 3.19. The largest absolute Gasteiger partial charge is 0.379 e. The summed E-state index contributed by atoms with van der Waals surface area (Å²) in [7, 11) is 7.01. The zero-order chi connectivity index (χ0) is 41.6. The molecule has 1 aliphatic carbocycles. The van der Waals surface area contributed by atoms with E-state index in [1.54, 1.807) is 32.7 Å². The number of fused-ring (bicyclic) bond motifs is 2. The number of methoxy groups -OCH3 is 2. The number of primary amides is 1. The van der Waals surface area contributed by atoms with Gasteiger partial charge in [0.2, 0.25) is 23.6 Å². The number of hydrogen-bond acceptors (Lipinski definition) is 9. The van der Waals surface area contributed by atoms with E-state index in [1.165, 1.54) is 0 Å². The van der Waals surface area contributed by atoms with E-state index in [-0.39, 0.29) is 71.8 Å². The number of carbonyl (C=O) groups excluding carboxylic acids is 4. The second-order valence-electron chi connectivity index (χ2n) is 17.2. The molecule has 57 heavy (non-hydrogen) atoms. The first-order chi connectivity index (χ1) is 27.2. The van der Waals surface area contributed by atoms with Crippen molar-refractivity contribution in [3.63, 3.8) is 0 Å². The standard InChI is InChI=1S/C44H67N7O6/c1-10-28(4)37(49(6)43(55)36(27(2)3)44-20-19-31(26-44)38(40(45)53)50(44)7)34(56-8)25-35(52)51-23-14-18-33(51)39(57-9)29(5)42(54)48-32(41-46-21-15-22-47-41)24-30-16-12-11-13-17-30/h11-13,15-17,21-22,27-29,31-34,36-39H,10,14,18-20,23-26H2,1-9H3,(H2,45,53)(H,48,54)/t28-,29+,31?,32+,33-,34+,36+,37-,38?,39+,44?/m0/s1. The number of benzene rings is 1. The summed E-state index contributed by atoms with van der Waals surface area (Å²) in [6, 6.07) is 10.1. The third kappa shape index (κ3) is 9.20. The molecule has 3 unspecified atom stereocenters. The van der Waals surface area contributed by atoms with Gasteiger partial charge in [-0.2, -0.15) is 0 Å². The predicted octanol–water partition coefficient (Wildman–Crippen LogP) is 4.41. The van der Waals surface area contributed by atoms with Gasteiger partial charge in [0.25, 0.3) is 0 Å². The maximum absolute atomic E-state index is 14.9. The molecule has 1 aromatic carbocycles. The number of nitrogens with zero attached hydrogens (tertiary/aromatic N) is 5. The quantitative estimate of drug-likeness (QED) is 0.210. The molecule has 3 aliphatic rings. The maximum Gasteiger partial charge on any atom is 0.235 e. The van der Waals surface area contributed by atoms with Gasteiger partial charge in [0.1, 0.15) is 0 Å². The fraction of sp³-hybridized carbons (Fsp3) is 0.682. The van der Waals surface area contributed by atoms with Gasteiger partial charge >= 0.3 is 0 Å². The lowest BCUT2D eigenvalue weighted by Gasteiger charge is -2.48. The molecule has 314 valence electrons. The summed E-state index contributed by atoms with van der Waals surface area (Å²) in [5.41, 5.74) is 6.47. The number of carbonyl (C=O) groups is 4. The zero-order valence-electron chi connectivity index (χ0n) is 35.6. The molecule has 3 fully saturated rings. The third-order valence-electron chi connectivity index (χ3n) is 13.7. The van der Waals surface area contributed by atoms with Gasteiger partial charge in [-0.3, -0.25) is 24.1 Å². The Balaban J connectivity index is 1.32. The van der Waals surface area contributed by atoms with Crippen LogP contribution < -0.4 is 11.1 Å². The maximum atomic E-state index is 14.9. The highest BCUT2D eigenvalue weighted by Gasteiger charge is 2.62. The fourth-order valence-electron chi connectivity index (χ4n) is 10.7. The number of piperidine rings is 1. The minimum Gasteiger partial charge on any atom is -0.379 e. The number of nitrogens with two attached hydrogens (primary N) is 1. The van der Waals surface area contributed by atoms with Crippen LogP contribution in [0.2, 0.25) is 0 Å². The Hall–Kier alpha value is -3.94. The molecule has 2 aromatic rings. The molecule has 0 radical (unpaired) electrons. The average molecular weight is 790 g/mol. The highest BCUT2D eigenvalue weighted by molar-refractivity contribution is 5.84. The van der Waals surface area contributed by atoms with Crippen molar-refractivity contribution in [2.75, 3.05) is 34.9 Å². The van der Waals surface area contributed by atoms with Gasteiger partial charge in [-0.15, -0.1) is 0 Å². The molecule has 13 nitrogen and oxygen atoms in total. The van der Waals surface area contributed by atoms with Crippen molar-refractivity contribution >= 4 is 23.6 Å². The topological polar surface area (TPSA) is 160 Å². The van der Waals surface area contributed by atoms with E-state index in [4.69, 9.17) is 15.2 Å². The summed E-state index contributed by atoms with van der Waals surface area (Å²) < 4.78 is 12.2. The number of likely N-dealkylation sites (N-methyl/N-ethyl adjacent to an activating group) is 2. The number of nitrogens with one attached hydrogen (secondary N) is 1. The number of ether oxygens (including phenoxy) is 2. The van der Waals surface area contributed by atoms with Crippen molar-refractivity contribution < 1.29 is 28.7 Å². The summed E-state index contributed by atoms with van der Waals surface area (Å²) in [4.78, 5) is 70.5. The van der Waals surface area contributed by atoms with Crippen LogP contribution in [-0.2, 0) is 35.1 Å². The van der Waals surface area contributed by atoms with Crippen molar-refractivity contribution in [1.29, 1.82) is 0 Å². The second-order valence-corrected chi connectivity index (χ2v) is 17.2. The molecule has 5 rings (SSSR count). The lowest BCUT2D eigenvalue weighted by atomic mass is 9.74. The Bertz CT molecular complexity index is 1660. The Morgan fingerprint density at radius 3 is 2.28 bits per heavy atom. The van der Waals surface area contributed by atoms with Crippen molar-refractivity contribution in [2.45, 2.75) is 128 Å². The van der Waals surface area contributed by atoms with E-state index in [2.05, 4.69) is 47.9 Å². The van der Waals surface area contributed by atoms with Crippen LogP contribution in [0, 0.1) is 29.6 Å². The van der Waals surface area contributed by atoms with Crippen LogP contribution in [0.1, 0.15) is 97.0 Å². The molecule has 1 aromatic heterocycles. The lowest BCUT2D eigenvalue weighted by molar-refractivity contribution is -0.153. The Kier molecular flexibility index (Phi) is 14.9. The first-order valence-electron chi connectivity index (χ1n) is 21.0. The molecule has 3 heterocycles. The summed E-state index contributed by atoms with van der Waals surface area (Å²) in [6.45, 7) is 10.7. The Morgan fingerprint density at radius 1 is 1.02 bits per heavy atom. The van der Waals surface area contributed by atoms with E-state index < -0.39 is 29.7 Å². The average Bonchev–Trinajstić information content (AvgIpc) is 3.93. The molecule has 1 saturated carbocycles. The van der Waals surface area contributed by atoms with Crippen LogP contribution in [0.3, 0.4) is 0 Å². The Labute approximate surface area is 339 Å². The fourth-order valence-corrected chi connectivity index (χ4v) is 10.7. The van der Waals surface area contributed by atoms with Crippen molar-refractivity contribution in [3.05, 3.63) is 60.2 Å². The molecule has 4 amide bonds. The number of amides is 4. The molecule has 2 aliphatic heterocycles. The van der Waals surface area contributed by atoms with E-state index in [0.29, 0.717) is 25.2 Å². The van der Waals surface area contributed by atoms with E-state index >= 15 is 0 Å². The summed E-state index contributed by atoms with van der Waals surface area (Å²) in [6.07, 6.45) is 7.53. The van der Waals surface area contributed by atoms with Gasteiger partial charge in [0.15, 0.2) is 5.82 Å². The van der Waals surface area contributed by atoms with Crippen LogP contribution in [0.5, 0.6) is 0 Å². The number of hydrogen-bond donors (Lipinski definition) is 2. The van der Waals surface area contributed by atoms with E-state index in [1.807, 2.05) is 61.2 Å². The highest BCUT2D eigenvalue weighted by Crippen LogP contribution is 2.55. The van der Waals surface area contributed by atoms with Gasteiger partial charge in [-0.05, 0) is 75.0 Å². The molecular weight excluding hydrogens is 723 g/mol. The first kappa shape index (κ1) is 44.2. The van der Waals surface area contributed by atoms with Crippen LogP contribution >= 0.6 is 0 Å². The van der Waals surface area contributed by atoms with Crippen molar-refractivity contribution in [2.24, 2.45) is 35.3 Å². The minimum atomic E-state index is -0.587. The summed E-state index contributed by atoms with van der Waals surface area (Å²) in [5.74, 6) is -0.860. The van der Waals surface area contributed by atoms with Crippen molar-refractivity contribution in [3.8, 4) is 0 Å². The monoisotopic (exact) mass is 790 g/mol. The van der Waals surface area contributed by atoms with Gasteiger partial charge in [0, 0.05) is 45.7 Å². The van der Waals surface area contributed by atoms with E-state index in [0.717, 1.165) is 37.7 Å². The smallest absolute Gasteiger partial charge is 0.235 e. The lowest BCUT2D eigenvalue weighted by Crippen LogP contribution is -2.61. The summed E-state index contributed by atoms with van der Waals surface area (Å²) >= 11 is 0. The van der Waals surface area contributed by atoms with Gasteiger partial charge in [0.05, 0.1) is 54.6 Å². The van der Waals surface area contributed by atoms with Gasteiger partial charge < -0.3 is 30.3 Å². The van der Waals surface area contributed by atoms with Crippen LogP contribution in [0.4, 0.5) is 0 Å². The second kappa shape index (κ2) is 19.2. The number of aromatic nitrogens is 2. The van der Waals surface area contributed by atoms with Crippen LogP contribution in [0.25, 0.3) is 0 Å². The number of rotatable bonds is 19. The van der Waals surface area contributed by atoms with E-state index in [9.17, 15) is 19.2 Å². The SMILES string of the molecule is CC[C@H](C)[C@@H]([C@@H](CC(=O)N1CCC[C@H]1[C@H](OC)[C@@H](C)C(=O)N[C@H](Cc1ccccc1)c1ncccn1)OC)N(C)C(=O)[C@@H](C(C)C)C12CCC(C1)C(C(N)=O)N2C. The van der Waals surface area contributed by atoms with Crippen LogP contribution in [-0.4, -0.2) is 119 Å². The highest BCUT2D eigenvalue weighted by atomic mass is 16.5. The number of likely N-dealkylation sites (tertiary alicyclic amines) is 2. The van der Waals surface area contributed by atoms with Gasteiger partial charge in [-0.25, -0.2) is 9.97 Å². The molecule has 13 heteroatoms. The third-order valence-corrected chi connectivity index (χ3v) is 13.7. The molecular formula is C44H67N7O6. The van der Waals surface area contributed by atoms with Gasteiger partial charge in [-0.1, -0.05) is 71.4 Å². The Morgan fingerprint density at radius 2 is 1.70 bits per heavy atom. The normalized spacial score (nSPS) is 25.7. The molecule has 0 spiro atoms. The molecule has 11 atom stereocenters. The molecule has 2 saturated heterocycles. The zero-order valence-corrected chi connectivity index (χ0v) is 35.6. The predicted molar refractivity (Wildman–Crippen MR) is 218 cm³/mol. The van der Waals surface area contributed by atoms with Crippen molar-refractivity contribution in [1.82, 2.24) is 30.0 Å².